The van der Waals surface area contributed by atoms with Crippen LogP contribution in [-0.2, 0) is 0 Å². The SMILES string of the molecule is CN/C=C\C(=C/CC(O)NC1=CC(C(=N)N(C=N)C2CC2)=CC=CC1)c1cccnc1.[HH]. The molecule has 0 aromatic carbocycles. The van der Waals surface area contributed by atoms with Crippen molar-refractivity contribution in [2.45, 2.75) is 38.0 Å². The third-order valence-electron chi connectivity index (χ3n) is 5.03. The summed E-state index contributed by atoms with van der Waals surface area (Å²) in [5, 5.41) is 32.9. The van der Waals surface area contributed by atoms with Gasteiger partial charge in [-0.15, -0.1) is 0 Å². The third kappa shape index (κ3) is 6.52. The normalized spacial score (nSPS) is 17.4. The molecule has 7 nitrogen and oxygen atoms in total. The maximum absolute atomic E-state index is 10.6. The van der Waals surface area contributed by atoms with Gasteiger partial charge in [-0.2, -0.15) is 0 Å². The predicted molar refractivity (Wildman–Crippen MR) is 128 cm³/mol. The number of hydrogen-bond acceptors (Lipinski definition) is 6. The molecule has 0 spiro atoms. The number of aromatic nitrogens is 1. The molecule has 0 aliphatic heterocycles. The topological polar surface area (TPSA) is 108 Å². The smallest absolute Gasteiger partial charge is 0.133 e. The minimum Gasteiger partial charge on any atom is -0.394 e. The molecule has 1 heterocycles. The molecule has 31 heavy (non-hydrogen) atoms. The van der Waals surface area contributed by atoms with Crippen LogP contribution < -0.4 is 10.6 Å². The molecule has 1 aromatic rings. The Hall–Kier alpha value is -3.45. The molecule has 0 saturated heterocycles. The number of nitrogens with one attached hydrogen (secondary N) is 4. The van der Waals surface area contributed by atoms with Gasteiger partial charge in [0.15, 0.2) is 0 Å². The van der Waals surface area contributed by atoms with Crippen molar-refractivity contribution in [2.24, 2.45) is 0 Å². The molecule has 7 heteroatoms. The van der Waals surface area contributed by atoms with E-state index in [2.05, 4.69) is 15.6 Å². The zero-order valence-electron chi connectivity index (χ0n) is 17.8. The highest BCUT2D eigenvalue weighted by molar-refractivity contribution is 6.04. The van der Waals surface area contributed by atoms with Gasteiger partial charge in [-0.1, -0.05) is 30.4 Å². The second kappa shape index (κ2) is 11.1. The Morgan fingerprint density at radius 3 is 2.97 bits per heavy atom. The van der Waals surface area contributed by atoms with Crippen molar-refractivity contribution in [3.05, 3.63) is 84.0 Å². The first-order chi connectivity index (χ1) is 15.1. The van der Waals surface area contributed by atoms with Crippen molar-refractivity contribution in [1.29, 1.82) is 10.8 Å². The summed E-state index contributed by atoms with van der Waals surface area (Å²) in [6, 6.07) is 4.13. The van der Waals surface area contributed by atoms with Gasteiger partial charge in [-0.05, 0) is 48.4 Å². The van der Waals surface area contributed by atoms with Crippen LogP contribution in [0.15, 0.2) is 78.5 Å². The lowest BCUT2D eigenvalue weighted by Crippen LogP contribution is -2.32. The number of rotatable bonds is 10. The fraction of sp³-hybridized carbons (Fsp3) is 0.292. The van der Waals surface area contributed by atoms with Gasteiger partial charge in [0, 0.05) is 51.0 Å². The van der Waals surface area contributed by atoms with E-state index in [1.54, 1.807) is 17.3 Å². The van der Waals surface area contributed by atoms with E-state index in [0.29, 0.717) is 18.7 Å². The van der Waals surface area contributed by atoms with Crippen LogP contribution in [0.1, 0.15) is 32.7 Å². The summed E-state index contributed by atoms with van der Waals surface area (Å²) < 4.78 is 0. The fourth-order valence-corrected chi connectivity index (χ4v) is 3.26. The predicted octanol–water partition coefficient (Wildman–Crippen LogP) is 3.56. The molecule has 0 bridgehead atoms. The molecule has 0 radical (unpaired) electrons. The molecule has 1 fully saturated rings. The van der Waals surface area contributed by atoms with Crippen LogP contribution in [0.3, 0.4) is 0 Å². The number of nitrogens with zero attached hydrogens (tertiary/aromatic N) is 2. The van der Waals surface area contributed by atoms with Crippen LogP contribution in [0, 0.1) is 10.8 Å². The van der Waals surface area contributed by atoms with Gasteiger partial charge in [-0.25, -0.2) is 0 Å². The van der Waals surface area contributed by atoms with Crippen molar-refractivity contribution >= 4 is 17.7 Å². The standard InChI is InChI=1S/C24H30N6O.H2/c1-27-14-12-18(20-6-4-13-28-16-20)8-11-23(31)29-21-7-3-2-5-19(15-21)24(26)30(17-25)22-9-10-22;/h2-6,8,12-17,22-23,25-27,29,31H,7,9-11H2,1H3;1H/b14-12-,18-8+,25-17?,26-24?;. The second-order valence-electron chi connectivity index (χ2n) is 7.46. The van der Waals surface area contributed by atoms with E-state index in [1.165, 1.54) is 6.34 Å². The van der Waals surface area contributed by atoms with E-state index in [9.17, 15) is 5.11 Å². The van der Waals surface area contributed by atoms with E-state index in [-0.39, 0.29) is 7.47 Å². The van der Waals surface area contributed by atoms with E-state index < -0.39 is 6.23 Å². The molecular formula is C24H32N6O. The van der Waals surface area contributed by atoms with Crippen LogP contribution in [0.5, 0.6) is 0 Å². The molecule has 1 saturated carbocycles. The summed E-state index contributed by atoms with van der Waals surface area (Å²) in [5.74, 6) is 0.314. The Labute approximate surface area is 185 Å². The summed E-state index contributed by atoms with van der Waals surface area (Å²) in [5.41, 5.74) is 3.50. The van der Waals surface area contributed by atoms with Gasteiger partial charge < -0.3 is 20.6 Å². The van der Waals surface area contributed by atoms with Gasteiger partial charge in [0.05, 0.1) is 6.34 Å². The van der Waals surface area contributed by atoms with E-state index in [0.717, 1.165) is 35.2 Å². The largest absolute Gasteiger partial charge is 0.394 e. The molecule has 2 aliphatic carbocycles. The van der Waals surface area contributed by atoms with Crippen molar-refractivity contribution in [3.8, 4) is 0 Å². The Morgan fingerprint density at radius 2 is 2.29 bits per heavy atom. The lowest BCUT2D eigenvalue weighted by Gasteiger charge is -2.21. The average molecular weight is 421 g/mol. The first kappa shape index (κ1) is 22.2. The Morgan fingerprint density at radius 1 is 1.45 bits per heavy atom. The highest BCUT2D eigenvalue weighted by Gasteiger charge is 2.30. The average Bonchev–Trinajstić information content (AvgIpc) is 3.63. The monoisotopic (exact) mass is 420 g/mol. The van der Waals surface area contributed by atoms with Crippen LogP contribution in [-0.4, -0.2) is 46.5 Å². The molecule has 3 rings (SSSR count). The van der Waals surface area contributed by atoms with Gasteiger partial charge in [0.2, 0.25) is 0 Å². The van der Waals surface area contributed by atoms with Crippen LogP contribution in [0.4, 0.5) is 0 Å². The van der Waals surface area contributed by atoms with Crippen LogP contribution >= 0.6 is 0 Å². The Bertz CT molecular complexity index is 931. The number of amidine groups is 1. The Kier molecular flexibility index (Phi) is 7.95. The number of hydrogen-bond donors (Lipinski definition) is 5. The third-order valence-corrected chi connectivity index (χ3v) is 5.03. The summed E-state index contributed by atoms with van der Waals surface area (Å²) in [6.07, 6.45) is 20.5. The highest BCUT2D eigenvalue weighted by atomic mass is 16.3. The van der Waals surface area contributed by atoms with E-state index >= 15 is 0 Å². The lowest BCUT2D eigenvalue weighted by atomic mass is 10.1. The van der Waals surface area contributed by atoms with Crippen LogP contribution in [0.2, 0.25) is 0 Å². The van der Waals surface area contributed by atoms with Gasteiger partial charge in [0.1, 0.15) is 12.1 Å². The Balaban J connectivity index is 0.00000363. The highest BCUT2D eigenvalue weighted by Crippen LogP contribution is 2.27. The molecule has 1 unspecified atom stereocenters. The number of pyridine rings is 1. The lowest BCUT2D eigenvalue weighted by molar-refractivity contribution is 0.152. The summed E-state index contributed by atoms with van der Waals surface area (Å²) >= 11 is 0. The first-order valence-corrected chi connectivity index (χ1v) is 10.5. The van der Waals surface area contributed by atoms with Crippen LogP contribution in [0.25, 0.3) is 5.57 Å². The number of aliphatic hydroxyl groups is 1. The van der Waals surface area contributed by atoms with Gasteiger partial charge in [-0.3, -0.25) is 15.8 Å². The van der Waals surface area contributed by atoms with Gasteiger partial charge >= 0.3 is 0 Å². The zero-order valence-corrected chi connectivity index (χ0v) is 17.8. The van der Waals surface area contributed by atoms with Crippen molar-refractivity contribution in [3.63, 3.8) is 0 Å². The summed E-state index contributed by atoms with van der Waals surface area (Å²) in [4.78, 5) is 5.87. The molecule has 1 aromatic heterocycles. The maximum Gasteiger partial charge on any atom is 0.133 e. The quantitative estimate of drug-likeness (QED) is 0.172. The number of allylic oxidation sites excluding steroid dienone is 5. The molecule has 164 valence electrons. The fourth-order valence-electron chi connectivity index (χ4n) is 3.26. The zero-order chi connectivity index (χ0) is 22.1. The first-order valence-electron chi connectivity index (χ1n) is 10.5. The van der Waals surface area contributed by atoms with Crippen molar-refractivity contribution in [1.82, 2.24) is 20.5 Å². The minimum atomic E-state index is -0.773. The number of aliphatic hydroxyl groups excluding tert-OH is 1. The van der Waals surface area contributed by atoms with Crippen molar-refractivity contribution < 1.29 is 6.53 Å². The molecule has 2 aliphatic rings. The van der Waals surface area contributed by atoms with E-state index in [4.69, 9.17) is 10.8 Å². The molecule has 5 N–H and O–H groups in total. The minimum absolute atomic E-state index is 0. The summed E-state index contributed by atoms with van der Waals surface area (Å²) in [7, 11) is 1.84. The summed E-state index contributed by atoms with van der Waals surface area (Å²) in [6.45, 7) is 0. The molecular weight excluding hydrogens is 388 g/mol. The van der Waals surface area contributed by atoms with Crippen molar-refractivity contribution in [2.75, 3.05) is 7.05 Å². The second-order valence-corrected chi connectivity index (χ2v) is 7.46. The molecule has 1 atom stereocenters. The maximum atomic E-state index is 10.6. The van der Waals surface area contributed by atoms with Gasteiger partial charge in [0.25, 0.3) is 0 Å². The molecule has 0 amide bonds. The van der Waals surface area contributed by atoms with E-state index in [1.807, 2.05) is 61.8 Å².